The van der Waals surface area contributed by atoms with Crippen LogP contribution in [-0.4, -0.2) is 10.6 Å². The zero-order chi connectivity index (χ0) is 38.9. The lowest BCUT2D eigenvalue weighted by Gasteiger charge is -2.39. The lowest BCUT2D eigenvalue weighted by Crippen LogP contribution is -2.47. The van der Waals surface area contributed by atoms with Crippen molar-refractivity contribution in [3.8, 4) is 5.69 Å². The molecule has 5 nitrogen and oxygen atoms in total. The van der Waals surface area contributed by atoms with E-state index < -0.39 is 0 Å². The van der Waals surface area contributed by atoms with Crippen molar-refractivity contribution in [1.29, 1.82) is 0 Å². The highest BCUT2D eigenvalue weighted by Gasteiger charge is 2.40. The molecule has 4 unspecified atom stereocenters. The average molecular weight is 760 g/mol. The van der Waals surface area contributed by atoms with E-state index in [1.165, 1.54) is 66.7 Å². The van der Waals surface area contributed by atoms with Gasteiger partial charge in [0.05, 0.1) is 34.5 Å². The topological polar surface area (TPSA) is 35.5 Å². The molecule has 282 valence electrons. The first-order chi connectivity index (χ1) is 29.3. The first-order valence-corrected chi connectivity index (χ1v) is 20.6. The molecule has 1 aromatic heterocycles. The zero-order valence-electron chi connectivity index (χ0n) is 32.4. The molecule has 7 aromatic carbocycles. The van der Waals surface area contributed by atoms with E-state index in [0.717, 1.165) is 17.2 Å². The Balaban J connectivity index is 1.02. The van der Waals surface area contributed by atoms with Gasteiger partial charge >= 0.3 is 0 Å². The first-order valence-electron chi connectivity index (χ1n) is 20.6. The molecule has 0 saturated carbocycles. The number of benzene rings is 7. The van der Waals surface area contributed by atoms with Gasteiger partial charge in [0.2, 0.25) is 0 Å². The Kier molecular flexibility index (Phi) is 7.81. The van der Waals surface area contributed by atoms with Crippen molar-refractivity contribution in [2.75, 3.05) is 9.80 Å². The largest absolute Gasteiger partial charge is 0.352 e. The van der Waals surface area contributed by atoms with Crippen LogP contribution in [0.15, 0.2) is 206 Å². The second-order valence-corrected chi connectivity index (χ2v) is 15.8. The van der Waals surface area contributed by atoms with Gasteiger partial charge in [-0.25, -0.2) is 0 Å². The molecule has 12 rings (SSSR count). The highest BCUT2D eigenvalue weighted by atomic mass is 15.3. The maximum absolute atomic E-state index is 3.93. The van der Waals surface area contributed by atoms with Gasteiger partial charge in [0.1, 0.15) is 12.0 Å². The van der Waals surface area contributed by atoms with E-state index in [1.807, 2.05) is 0 Å². The van der Waals surface area contributed by atoms with E-state index in [2.05, 4.69) is 237 Å². The van der Waals surface area contributed by atoms with Crippen molar-refractivity contribution >= 4 is 56.7 Å². The van der Waals surface area contributed by atoms with Crippen LogP contribution in [0.25, 0.3) is 39.6 Å². The van der Waals surface area contributed by atoms with Crippen molar-refractivity contribution in [3.05, 3.63) is 234 Å². The standard InChI is InChI=1S/C54H41N5/c1-4-16-36(17-5-1)46-35-53(56-54(55-46)38-19-6-2-7-20-38)59-49-27-15-12-23-42(49)44-33-41(30-31-50(44)59)58-48-26-14-11-24-43(48)45-34-51-39(32-52(45)58)29-28-37-18-10-13-25-47(37)57(51)40-21-8-3-9-22-40/h1-35,42,46,49,54-56H. The monoisotopic (exact) mass is 759 g/mol. The number of para-hydroxylation sites is 3. The Labute approximate surface area is 344 Å². The van der Waals surface area contributed by atoms with Crippen LogP contribution in [0.4, 0.5) is 22.7 Å². The van der Waals surface area contributed by atoms with E-state index in [9.17, 15) is 0 Å². The minimum Gasteiger partial charge on any atom is -0.352 e. The van der Waals surface area contributed by atoms with E-state index >= 15 is 0 Å². The smallest absolute Gasteiger partial charge is 0.106 e. The van der Waals surface area contributed by atoms with Crippen molar-refractivity contribution < 1.29 is 0 Å². The van der Waals surface area contributed by atoms with E-state index in [-0.39, 0.29) is 24.2 Å². The fraction of sp³-hybridized carbons (Fsp3) is 0.0741. The summed E-state index contributed by atoms with van der Waals surface area (Å²) in [6.07, 6.45) is 16.0. The second kappa shape index (κ2) is 13.7. The van der Waals surface area contributed by atoms with Crippen LogP contribution in [0.2, 0.25) is 0 Å². The Morgan fingerprint density at radius 2 is 1.20 bits per heavy atom. The molecule has 0 saturated heterocycles. The van der Waals surface area contributed by atoms with Crippen molar-refractivity contribution in [1.82, 2.24) is 15.2 Å². The maximum atomic E-state index is 3.93. The molecule has 0 fully saturated rings. The number of aromatic nitrogens is 1. The van der Waals surface area contributed by atoms with Crippen LogP contribution in [0, 0.1) is 0 Å². The number of allylic oxidation sites excluding steroid dienone is 2. The normalized spacial score (nSPS) is 20.1. The van der Waals surface area contributed by atoms with Crippen LogP contribution < -0.4 is 20.4 Å². The van der Waals surface area contributed by atoms with Crippen molar-refractivity contribution in [3.63, 3.8) is 0 Å². The van der Waals surface area contributed by atoms with Gasteiger partial charge in [-0.05, 0) is 82.9 Å². The van der Waals surface area contributed by atoms with Crippen LogP contribution >= 0.6 is 0 Å². The van der Waals surface area contributed by atoms with E-state index in [4.69, 9.17) is 0 Å². The van der Waals surface area contributed by atoms with Gasteiger partial charge < -0.3 is 19.7 Å². The minimum atomic E-state index is -0.0568. The van der Waals surface area contributed by atoms with Gasteiger partial charge in [0.25, 0.3) is 0 Å². The van der Waals surface area contributed by atoms with Crippen LogP contribution in [-0.2, 0) is 0 Å². The zero-order valence-corrected chi connectivity index (χ0v) is 32.4. The molecule has 8 aromatic rings. The summed E-state index contributed by atoms with van der Waals surface area (Å²) in [5, 5.41) is 10.3. The number of hydrogen-bond acceptors (Lipinski definition) is 4. The third-order valence-electron chi connectivity index (χ3n) is 12.5. The molecule has 59 heavy (non-hydrogen) atoms. The molecular formula is C54H41N5. The van der Waals surface area contributed by atoms with Crippen LogP contribution in [0.5, 0.6) is 0 Å². The summed E-state index contributed by atoms with van der Waals surface area (Å²) in [6.45, 7) is 0. The highest BCUT2D eigenvalue weighted by molar-refractivity contribution is 6.12. The summed E-state index contributed by atoms with van der Waals surface area (Å²) in [7, 11) is 0. The Hall–Kier alpha value is -7.34. The molecular weight excluding hydrogens is 719 g/mol. The molecule has 0 spiro atoms. The summed E-state index contributed by atoms with van der Waals surface area (Å²) in [4.78, 5) is 4.94. The van der Waals surface area contributed by atoms with Crippen LogP contribution in [0.3, 0.4) is 0 Å². The summed E-state index contributed by atoms with van der Waals surface area (Å²) in [6, 6.07) is 61.9. The number of anilines is 4. The third-order valence-corrected chi connectivity index (χ3v) is 12.5. The van der Waals surface area contributed by atoms with Gasteiger partial charge in [0.15, 0.2) is 0 Å². The predicted molar refractivity (Wildman–Crippen MR) is 244 cm³/mol. The van der Waals surface area contributed by atoms with E-state index in [0.29, 0.717) is 0 Å². The van der Waals surface area contributed by atoms with Crippen molar-refractivity contribution in [2.45, 2.75) is 24.2 Å². The molecule has 1 aliphatic carbocycles. The minimum absolute atomic E-state index is 0.0370. The Morgan fingerprint density at radius 1 is 0.492 bits per heavy atom. The Morgan fingerprint density at radius 3 is 2.05 bits per heavy atom. The predicted octanol–water partition coefficient (Wildman–Crippen LogP) is 12.6. The fourth-order valence-corrected chi connectivity index (χ4v) is 9.82. The summed E-state index contributed by atoms with van der Waals surface area (Å²) >= 11 is 0. The molecule has 4 heterocycles. The van der Waals surface area contributed by atoms with E-state index in [1.54, 1.807) is 0 Å². The molecule has 0 bridgehead atoms. The molecule has 0 amide bonds. The highest BCUT2D eigenvalue weighted by Crippen LogP contribution is 2.49. The number of nitrogens with zero attached hydrogens (tertiary/aromatic N) is 3. The number of rotatable bonds is 5. The molecule has 4 atom stereocenters. The van der Waals surface area contributed by atoms with Gasteiger partial charge in [0, 0.05) is 39.3 Å². The fourth-order valence-electron chi connectivity index (χ4n) is 9.82. The van der Waals surface area contributed by atoms with Gasteiger partial charge in [-0.2, -0.15) is 0 Å². The lowest BCUT2D eigenvalue weighted by molar-refractivity contribution is 0.406. The number of hydrogen-bond donors (Lipinski definition) is 2. The maximum Gasteiger partial charge on any atom is 0.106 e. The first kappa shape index (κ1) is 33.8. The summed E-state index contributed by atoms with van der Waals surface area (Å²) < 4.78 is 2.48. The third kappa shape index (κ3) is 5.50. The van der Waals surface area contributed by atoms with Crippen LogP contribution in [0.1, 0.15) is 45.9 Å². The summed E-state index contributed by atoms with van der Waals surface area (Å²) in [5.41, 5.74) is 14.4. The molecule has 3 aliphatic heterocycles. The quantitative estimate of drug-likeness (QED) is 0.183. The molecule has 4 aliphatic rings. The molecule has 5 heteroatoms. The van der Waals surface area contributed by atoms with Gasteiger partial charge in [-0.3, -0.25) is 5.32 Å². The number of fused-ring (bicyclic) bond motifs is 8. The number of nitrogens with one attached hydrogen (secondary N) is 2. The lowest BCUT2D eigenvalue weighted by atomic mass is 9.91. The summed E-state index contributed by atoms with van der Waals surface area (Å²) in [5.74, 6) is 1.31. The SMILES string of the molecule is C1=CC2c3cc(-n4c5ccccc5c5cc6c(cc54)C=Cc4ccccc4N6c4ccccc4)ccc3N(C3=CC(c4ccccc4)NC(c4ccccc4)N3)C2C=C1. The Bertz CT molecular complexity index is 3030. The second-order valence-electron chi connectivity index (χ2n) is 15.8. The van der Waals surface area contributed by atoms with Gasteiger partial charge in [-0.15, -0.1) is 0 Å². The van der Waals surface area contributed by atoms with Crippen molar-refractivity contribution in [2.24, 2.45) is 0 Å². The molecule has 0 radical (unpaired) electrons. The molecule has 2 N–H and O–H groups in total. The average Bonchev–Trinajstić information content (AvgIpc) is 3.75. The van der Waals surface area contributed by atoms with Gasteiger partial charge in [-0.1, -0.05) is 152 Å².